The Morgan fingerprint density at radius 1 is 1.00 bits per heavy atom. The summed E-state index contributed by atoms with van der Waals surface area (Å²) in [5.74, 6) is 0. The van der Waals surface area contributed by atoms with Crippen LogP contribution < -0.4 is 0 Å². The van der Waals surface area contributed by atoms with Crippen molar-refractivity contribution in [1.29, 1.82) is 0 Å². The van der Waals surface area contributed by atoms with E-state index in [-0.39, 0.29) is 10.8 Å². The van der Waals surface area contributed by atoms with Gasteiger partial charge < -0.3 is 0 Å². The van der Waals surface area contributed by atoms with Gasteiger partial charge in [-0.2, -0.15) is 0 Å². The van der Waals surface area contributed by atoms with Crippen LogP contribution in [-0.4, -0.2) is 15.9 Å². The van der Waals surface area contributed by atoms with Crippen LogP contribution >= 0.6 is 0 Å². The maximum atomic E-state index is 4.76. The van der Waals surface area contributed by atoms with Crippen molar-refractivity contribution in [1.82, 2.24) is 9.88 Å². The molecule has 2 heterocycles. The van der Waals surface area contributed by atoms with Gasteiger partial charge in [0.15, 0.2) is 0 Å². The Labute approximate surface area is 124 Å². The zero-order chi connectivity index (χ0) is 15.3. The topological polar surface area (TPSA) is 16.1 Å². The van der Waals surface area contributed by atoms with Crippen LogP contribution in [0, 0.1) is 10.8 Å². The van der Waals surface area contributed by atoms with Crippen molar-refractivity contribution in [3.8, 4) is 0 Å². The van der Waals surface area contributed by atoms with Crippen LogP contribution in [0.5, 0.6) is 0 Å². The lowest BCUT2D eigenvalue weighted by Crippen LogP contribution is -2.42. The second-order valence-corrected chi connectivity index (χ2v) is 8.56. The maximum absolute atomic E-state index is 4.76. The number of aromatic nitrogens is 1. The Bertz CT molecular complexity index is 436. The van der Waals surface area contributed by atoms with E-state index < -0.39 is 0 Å². The molecule has 20 heavy (non-hydrogen) atoms. The van der Waals surface area contributed by atoms with E-state index in [4.69, 9.17) is 4.98 Å². The SMILES string of the molecule is CC(C)N1C(C(C)(C)C)c2cccnc2C1C(C)(C)C. The normalized spacial score (nSPS) is 24.2. The Morgan fingerprint density at radius 2 is 1.55 bits per heavy atom. The van der Waals surface area contributed by atoms with Crippen molar-refractivity contribution in [2.24, 2.45) is 10.8 Å². The summed E-state index contributed by atoms with van der Waals surface area (Å²) in [7, 11) is 0. The molecule has 2 heteroatoms. The van der Waals surface area contributed by atoms with Crippen LogP contribution in [0.3, 0.4) is 0 Å². The Balaban J connectivity index is 2.65. The molecule has 0 spiro atoms. The minimum Gasteiger partial charge on any atom is -0.284 e. The quantitative estimate of drug-likeness (QED) is 0.718. The molecule has 1 aliphatic heterocycles. The number of rotatable bonds is 1. The fraction of sp³-hybridized carbons (Fsp3) is 0.722. The van der Waals surface area contributed by atoms with Crippen molar-refractivity contribution < 1.29 is 0 Å². The first-order valence-electron chi connectivity index (χ1n) is 7.77. The van der Waals surface area contributed by atoms with E-state index in [1.54, 1.807) is 0 Å². The Kier molecular flexibility index (Phi) is 3.75. The van der Waals surface area contributed by atoms with E-state index in [0.29, 0.717) is 18.1 Å². The first-order chi connectivity index (χ1) is 9.05. The predicted octanol–water partition coefficient (Wildman–Crippen LogP) is 4.98. The zero-order valence-electron chi connectivity index (χ0n) is 14.4. The molecule has 2 nitrogen and oxygen atoms in total. The highest BCUT2D eigenvalue weighted by Gasteiger charge is 2.49. The van der Waals surface area contributed by atoms with Gasteiger partial charge in [-0.3, -0.25) is 9.88 Å². The first-order valence-corrected chi connectivity index (χ1v) is 7.77. The van der Waals surface area contributed by atoms with E-state index in [1.807, 2.05) is 6.20 Å². The molecule has 1 aliphatic rings. The third-order valence-electron chi connectivity index (χ3n) is 4.26. The number of pyridine rings is 1. The van der Waals surface area contributed by atoms with E-state index >= 15 is 0 Å². The third kappa shape index (κ3) is 2.50. The van der Waals surface area contributed by atoms with Gasteiger partial charge in [-0.15, -0.1) is 0 Å². The second kappa shape index (κ2) is 4.84. The van der Waals surface area contributed by atoms with Gasteiger partial charge in [0.25, 0.3) is 0 Å². The van der Waals surface area contributed by atoms with Gasteiger partial charge in [0.1, 0.15) is 0 Å². The van der Waals surface area contributed by atoms with Crippen molar-refractivity contribution in [3.05, 3.63) is 29.6 Å². The molecule has 2 unspecified atom stereocenters. The van der Waals surface area contributed by atoms with Crippen LogP contribution in [0.1, 0.15) is 78.7 Å². The average Bonchev–Trinajstić information content (AvgIpc) is 2.62. The molecule has 0 aliphatic carbocycles. The molecular formula is C18H30N2. The van der Waals surface area contributed by atoms with Crippen LogP contribution in [-0.2, 0) is 0 Å². The monoisotopic (exact) mass is 274 g/mol. The molecule has 2 rings (SSSR count). The summed E-state index contributed by atoms with van der Waals surface area (Å²) >= 11 is 0. The number of hydrogen-bond donors (Lipinski definition) is 0. The molecule has 1 aromatic rings. The molecule has 0 fully saturated rings. The van der Waals surface area contributed by atoms with E-state index in [9.17, 15) is 0 Å². The van der Waals surface area contributed by atoms with E-state index in [0.717, 1.165) is 0 Å². The molecule has 0 bridgehead atoms. The summed E-state index contributed by atoms with van der Waals surface area (Å²) in [6.07, 6.45) is 1.95. The molecule has 0 saturated carbocycles. The standard InChI is InChI=1S/C18H30N2/c1-12(2)20-15(17(3,4)5)13-10-9-11-19-14(13)16(20)18(6,7)8/h9-12,15-16H,1-8H3. The summed E-state index contributed by atoms with van der Waals surface area (Å²) in [4.78, 5) is 7.44. The second-order valence-electron chi connectivity index (χ2n) is 8.56. The minimum atomic E-state index is 0.188. The van der Waals surface area contributed by atoms with Gasteiger partial charge in [-0.05, 0) is 36.3 Å². The van der Waals surface area contributed by atoms with E-state index in [1.165, 1.54) is 11.3 Å². The fourth-order valence-electron chi connectivity index (χ4n) is 3.71. The zero-order valence-corrected chi connectivity index (χ0v) is 14.4. The third-order valence-corrected chi connectivity index (χ3v) is 4.26. The van der Waals surface area contributed by atoms with Crippen molar-refractivity contribution in [2.45, 2.75) is 73.5 Å². The smallest absolute Gasteiger partial charge is 0.0629 e. The first kappa shape index (κ1) is 15.5. The lowest BCUT2D eigenvalue weighted by molar-refractivity contribution is 0.00465. The van der Waals surface area contributed by atoms with Gasteiger partial charge in [0, 0.05) is 18.3 Å². The largest absolute Gasteiger partial charge is 0.284 e. The molecule has 0 amide bonds. The van der Waals surface area contributed by atoms with Crippen LogP contribution in [0.4, 0.5) is 0 Å². The minimum absolute atomic E-state index is 0.188. The Morgan fingerprint density at radius 3 is 2.00 bits per heavy atom. The van der Waals surface area contributed by atoms with Gasteiger partial charge in [-0.25, -0.2) is 0 Å². The van der Waals surface area contributed by atoms with Gasteiger partial charge in [0.2, 0.25) is 0 Å². The van der Waals surface area contributed by atoms with Crippen LogP contribution in [0.15, 0.2) is 18.3 Å². The van der Waals surface area contributed by atoms with Gasteiger partial charge in [0.05, 0.1) is 11.7 Å². The summed E-state index contributed by atoms with van der Waals surface area (Å²) in [6.45, 7) is 18.6. The van der Waals surface area contributed by atoms with Crippen molar-refractivity contribution in [2.75, 3.05) is 0 Å². The van der Waals surface area contributed by atoms with E-state index in [2.05, 4.69) is 72.4 Å². The average molecular weight is 274 g/mol. The molecule has 2 atom stereocenters. The van der Waals surface area contributed by atoms with Crippen molar-refractivity contribution >= 4 is 0 Å². The molecular weight excluding hydrogens is 244 g/mol. The molecule has 0 radical (unpaired) electrons. The molecule has 1 aromatic heterocycles. The fourth-order valence-corrected chi connectivity index (χ4v) is 3.71. The summed E-state index contributed by atoms with van der Waals surface area (Å²) in [6, 6.07) is 5.71. The summed E-state index contributed by atoms with van der Waals surface area (Å²) in [5.41, 5.74) is 3.11. The van der Waals surface area contributed by atoms with Gasteiger partial charge >= 0.3 is 0 Å². The highest BCUT2D eigenvalue weighted by Crippen LogP contribution is 2.55. The van der Waals surface area contributed by atoms with Gasteiger partial charge in [-0.1, -0.05) is 47.6 Å². The molecule has 0 aromatic carbocycles. The molecule has 112 valence electrons. The van der Waals surface area contributed by atoms with Crippen molar-refractivity contribution in [3.63, 3.8) is 0 Å². The number of fused-ring (bicyclic) bond motifs is 1. The number of nitrogens with zero attached hydrogens (tertiary/aromatic N) is 2. The molecule has 0 saturated heterocycles. The predicted molar refractivity (Wildman–Crippen MR) is 85.6 cm³/mol. The van der Waals surface area contributed by atoms with Crippen LogP contribution in [0.2, 0.25) is 0 Å². The number of hydrogen-bond acceptors (Lipinski definition) is 2. The highest BCUT2D eigenvalue weighted by molar-refractivity contribution is 5.35. The highest BCUT2D eigenvalue weighted by atomic mass is 15.3. The Hall–Kier alpha value is -0.890. The molecule has 0 N–H and O–H groups in total. The summed E-state index contributed by atoms with van der Waals surface area (Å²) < 4.78 is 0. The lowest BCUT2D eigenvalue weighted by Gasteiger charge is -2.44. The van der Waals surface area contributed by atoms with Crippen LogP contribution in [0.25, 0.3) is 0 Å². The maximum Gasteiger partial charge on any atom is 0.0629 e. The summed E-state index contributed by atoms with van der Waals surface area (Å²) in [5, 5.41) is 0. The lowest BCUT2D eigenvalue weighted by atomic mass is 9.82.